The van der Waals surface area contributed by atoms with Crippen molar-refractivity contribution in [2.45, 2.75) is 29.7 Å². The standard InChI is InChI=1S/C20H20F2N4OS/c1-20(22,28-18-4-2-3-15(21)11-18)14-7-9-26(10-8-14)19(27)25-17-6-5-16(12-23)24-13-17/h2-6,11,13-14H,7-10H2,1H3,(H,25,27)/t20-/m1/s1. The number of carbonyl (C=O) groups excluding carboxylic acids is 1. The number of hydrogen-bond acceptors (Lipinski definition) is 4. The zero-order chi connectivity index (χ0) is 20.1. The summed E-state index contributed by atoms with van der Waals surface area (Å²) in [5, 5.41) is 9.94. The van der Waals surface area contributed by atoms with Gasteiger partial charge in [-0.3, -0.25) is 0 Å². The molecule has 1 saturated heterocycles. The molecule has 1 atom stereocenters. The summed E-state index contributed by atoms with van der Waals surface area (Å²) in [6, 6.07) is 10.7. The van der Waals surface area contributed by atoms with Crippen molar-refractivity contribution in [3.8, 4) is 6.07 Å². The summed E-state index contributed by atoms with van der Waals surface area (Å²) in [4.78, 5) is 18.5. The lowest BCUT2D eigenvalue weighted by Gasteiger charge is -2.37. The summed E-state index contributed by atoms with van der Waals surface area (Å²) in [5.74, 6) is -0.619. The van der Waals surface area contributed by atoms with Gasteiger partial charge in [-0.25, -0.2) is 18.6 Å². The lowest BCUT2D eigenvalue weighted by Crippen LogP contribution is -2.44. The van der Waals surface area contributed by atoms with Crippen LogP contribution in [0.1, 0.15) is 25.5 Å². The van der Waals surface area contributed by atoms with Crippen molar-refractivity contribution in [2.24, 2.45) is 5.92 Å². The van der Waals surface area contributed by atoms with Crippen molar-refractivity contribution in [3.05, 3.63) is 54.1 Å². The summed E-state index contributed by atoms with van der Waals surface area (Å²) in [7, 11) is 0. The largest absolute Gasteiger partial charge is 0.325 e. The molecule has 3 rings (SSSR count). The van der Waals surface area contributed by atoms with Crippen molar-refractivity contribution in [2.75, 3.05) is 18.4 Å². The first-order valence-electron chi connectivity index (χ1n) is 8.93. The molecule has 0 saturated carbocycles. The van der Waals surface area contributed by atoms with Gasteiger partial charge in [0.25, 0.3) is 0 Å². The number of urea groups is 1. The van der Waals surface area contributed by atoms with Gasteiger partial charge in [-0.15, -0.1) is 0 Å². The zero-order valence-electron chi connectivity index (χ0n) is 15.4. The van der Waals surface area contributed by atoms with E-state index in [0.29, 0.717) is 36.5 Å². The van der Waals surface area contributed by atoms with E-state index in [9.17, 15) is 9.18 Å². The fraction of sp³-hybridized carbons (Fsp3) is 0.350. The minimum atomic E-state index is -1.55. The third-order valence-electron chi connectivity index (χ3n) is 4.75. The lowest BCUT2D eigenvalue weighted by molar-refractivity contribution is 0.124. The van der Waals surface area contributed by atoms with Crippen molar-refractivity contribution < 1.29 is 13.6 Å². The topological polar surface area (TPSA) is 69.0 Å². The molecule has 0 radical (unpaired) electrons. The number of thioether (sulfide) groups is 1. The molecule has 0 unspecified atom stereocenters. The highest BCUT2D eigenvalue weighted by molar-refractivity contribution is 8.00. The van der Waals surface area contributed by atoms with Gasteiger partial charge in [-0.05, 0) is 50.1 Å². The van der Waals surface area contributed by atoms with Crippen LogP contribution in [0.3, 0.4) is 0 Å². The lowest BCUT2D eigenvalue weighted by atomic mass is 9.92. The van der Waals surface area contributed by atoms with E-state index in [0.717, 1.165) is 11.8 Å². The maximum atomic E-state index is 15.2. The molecule has 2 amide bonds. The van der Waals surface area contributed by atoms with Crippen LogP contribution in [0.5, 0.6) is 0 Å². The normalized spacial score (nSPS) is 16.9. The third kappa shape index (κ3) is 4.98. The van der Waals surface area contributed by atoms with Crippen molar-refractivity contribution in [1.82, 2.24) is 9.88 Å². The number of anilines is 1. The van der Waals surface area contributed by atoms with Gasteiger partial charge in [0.05, 0.1) is 11.9 Å². The van der Waals surface area contributed by atoms with Crippen molar-refractivity contribution >= 4 is 23.5 Å². The van der Waals surface area contributed by atoms with E-state index >= 15 is 4.39 Å². The number of halogens is 2. The monoisotopic (exact) mass is 402 g/mol. The maximum Gasteiger partial charge on any atom is 0.321 e. The summed E-state index contributed by atoms with van der Waals surface area (Å²) in [5.41, 5.74) is 0.778. The minimum absolute atomic E-state index is 0.235. The maximum absolute atomic E-state index is 15.2. The molecule has 1 aromatic heterocycles. The second kappa shape index (κ2) is 8.57. The van der Waals surface area contributed by atoms with E-state index in [1.165, 1.54) is 31.3 Å². The van der Waals surface area contributed by atoms with Gasteiger partial charge >= 0.3 is 6.03 Å². The van der Waals surface area contributed by atoms with Crippen LogP contribution in [0.15, 0.2) is 47.5 Å². The molecule has 2 aromatic rings. The summed E-state index contributed by atoms with van der Waals surface area (Å²) >= 11 is 1.02. The molecule has 1 aliphatic heterocycles. The van der Waals surface area contributed by atoms with E-state index in [2.05, 4.69) is 10.3 Å². The van der Waals surface area contributed by atoms with Crippen LogP contribution < -0.4 is 5.32 Å². The zero-order valence-corrected chi connectivity index (χ0v) is 16.2. The first-order valence-corrected chi connectivity index (χ1v) is 9.74. The molecule has 1 fully saturated rings. The molecule has 28 heavy (non-hydrogen) atoms. The number of nitrogens with one attached hydrogen (secondary N) is 1. The number of nitriles is 1. The molecule has 2 heterocycles. The summed E-state index contributed by atoms with van der Waals surface area (Å²) < 4.78 is 28.6. The number of likely N-dealkylation sites (tertiary alicyclic amines) is 1. The van der Waals surface area contributed by atoms with Crippen LogP contribution >= 0.6 is 11.8 Å². The van der Waals surface area contributed by atoms with Crippen LogP contribution in [0.2, 0.25) is 0 Å². The highest BCUT2D eigenvalue weighted by Crippen LogP contribution is 2.44. The number of nitrogens with zero attached hydrogens (tertiary/aromatic N) is 3. The highest BCUT2D eigenvalue weighted by Gasteiger charge is 2.38. The first kappa shape index (κ1) is 20.1. The average molecular weight is 402 g/mol. The molecule has 0 bridgehead atoms. The number of aromatic nitrogens is 1. The number of hydrogen-bond donors (Lipinski definition) is 1. The van der Waals surface area contributed by atoms with Gasteiger partial charge in [0, 0.05) is 23.9 Å². The fourth-order valence-electron chi connectivity index (χ4n) is 3.18. The van der Waals surface area contributed by atoms with E-state index in [-0.39, 0.29) is 23.5 Å². The summed E-state index contributed by atoms with van der Waals surface area (Å²) in [6.07, 6.45) is 2.47. The second-order valence-electron chi connectivity index (χ2n) is 6.78. The van der Waals surface area contributed by atoms with Gasteiger partial charge in [-0.2, -0.15) is 5.26 Å². The van der Waals surface area contributed by atoms with E-state index < -0.39 is 5.00 Å². The number of piperidine rings is 1. The van der Waals surface area contributed by atoms with Crippen LogP contribution in [0, 0.1) is 23.1 Å². The van der Waals surface area contributed by atoms with Crippen LogP contribution in [-0.4, -0.2) is 34.0 Å². The Bertz CT molecular complexity index is 875. The molecular formula is C20H20F2N4OS. The Morgan fingerprint density at radius 3 is 2.71 bits per heavy atom. The first-order chi connectivity index (χ1) is 13.4. The molecule has 1 N–H and O–H groups in total. The molecule has 146 valence electrons. The average Bonchev–Trinajstić information content (AvgIpc) is 2.68. The van der Waals surface area contributed by atoms with Gasteiger partial charge in [-0.1, -0.05) is 17.8 Å². The number of pyridine rings is 1. The van der Waals surface area contributed by atoms with Crippen LogP contribution in [-0.2, 0) is 0 Å². The van der Waals surface area contributed by atoms with Crippen LogP contribution in [0.4, 0.5) is 19.3 Å². The number of carbonyl (C=O) groups is 1. The quantitative estimate of drug-likeness (QED) is 0.745. The molecule has 0 aliphatic carbocycles. The fourth-order valence-corrected chi connectivity index (χ4v) is 4.36. The predicted octanol–water partition coefficient (Wildman–Crippen LogP) is 4.81. The Morgan fingerprint density at radius 2 is 2.11 bits per heavy atom. The third-order valence-corrected chi connectivity index (χ3v) is 5.98. The van der Waals surface area contributed by atoms with Gasteiger partial charge in [0.2, 0.25) is 0 Å². The summed E-state index contributed by atoms with van der Waals surface area (Å²) in [6.45, 7) is 2.39. The molecule has 0 spiro atoms. The van der Waals surface area contributed by atoms with Gasteiger partial charge in [0.1, 0.15) is 17.6 Å². The smallest absolute Gasteiger partial charge is 0.321 e. The number of alkyl halides is 1. The highest BCUT2D eigenvalue weighted by atomic mass is 32.2. The Kier molecular flexibility index (Phi) is 6.15. The molecular weight excluding hydrogens is 382 g/mol. The Labute approximate surface area is 166 Å². The SMILES string of the molecule is C[C@@](F)(Sc1cccc(F)c1)C1CCN(C(=O)Nc2ccc(C#N)nc2)CC1. The molecule has 5 nitrogen and oxygen atoms in total. The predicted molar refractivity (Wildman–Crippen MR) is 104 cm³/mol. The Hall–Kier alpha value is -2.66. The molecule has 1 aliphatic rings. The van der Waals surface area contributed by atoms with Gasteiger partial charge < -0.3 is 10.2 Å². The molecule has 8 heteroatoms. The van der Waals surface area contributed by atoms with Crippen molar-refractivity contribution in [1.29, 1.82) is 5.26 Å². The van der Waals surface area contributed by atoms with Gasteiger partial charge in [0.15, 0.2) is 5.00 Å². The van der Waals surface area contributed by atoms with Crippen LogP contribution in [0.25, 0.3) is 0 Å². The number of benzene rings is 1. The second-order valence-corrected chi connectivity index (χ2v) is 8.25. The van der Waals surface area contributed by atoms with E-state index in [1.54, 1.807) is 23.1 Å². The van der Waals surface area contributed by atoms with E-state index in [4.69, 9.17) is 5.26 Å². The number of amides is 2. The molecule has 1 aromatic carbocycles. The Morgan fingerprint density at radius 1 is 1.36 bits per heavy atom. The number of rotatable bonds is 4. The van der Waals surface area contributed by atoms with E-state index in [1.807, 2.05) is 6.07 Å². The Balaban J connectivity index is 1.54. The van der Waals surface area contributed by atoms with Crippen molar-refractivity contribution in [3.63, 3.8) is 0 Å². The minimum Gasteiger partial charge on any atom is -0.325 e.